The first-order valence-electron chi connectivity index (χ1n) is 2.37. The minimum Gasteiger partial charge on any atom is -0.369 e. The van der Waals surface area contributed by atoms with E-state index in [1.165, 1.54) is 6.34 Å². The Morgan fingerprint density at radius 1 is 1.38 bits per heavy atom. The van der Waals surface area contributed by atoms with Gasteiger partial charge >= 0.3 is 0 Å². The molecule has 0 aromatic rings. The fourth-order valence-corrected chi connectivity index (χ4v) is 0.230. The van der Waals surface area contributed by atoms with Crippen LogP contribution in [0.1, 0.15) is 0 Å². The Morgan fingerprint density at radius 2 is 2.00 bits per heavy atom. The number of aliphatic imine (C=N–C) groups is 2. The summed E-state index contributed by atoms with van der Waals surface area (Å²) in [5, 5.41) is 0. The molecule has 3 nitrogen and oxygen atoms in total. The van der Waals surface area contributed by atoms with Crippen LogP contribution in [0.4, 0.5) is 0 Å². The zero-order chi connectivity index (χ0) is 6.41. The minimum atomic E-state index is 1.50. The van der Waals surface area contributed by atoms with E-state index in [1.54, 1.807) is 13.4 Å². The lowest BCUT2D eigenvalue weighted by Crippen LogP contribution is -2.07. The monoisotopic (exact) mass is 113 g/mol. The molecule has 0 unspecified atom stereocenters. The Labute approximate surface area is 49.7 Å². The second-order valence-electron chi connectivity index (χ2n) is 1.60. The van der Waals surface area contributed by atoms with Gasteiger partial charge in [0, 0.05) is 21.1 Å². The maximum absolute atomic E-state index is 3.80. The van der Waals surface area contributed by atoms with Crippen molar-refractivity contribution < 1.29 is 0 Å². The first-order valence-corrected chi connectivity index (χ1v) is 2.37. The molecule has 0 aliphatic rings. The molecule has 0 N–H and O–H groups in total. The smallest absolute Gasteiger partial charge is 0.111 e. The van der Waals surface area contributed by atoms with E-state index in [2.05, 4.69) is 9.98 Å². The highest BCUT2D eigenvalue weighted by molar-refractivity contribution is 5.70. The summed E-state index contributed by atoms with van der Waals surface area (Å²) in [4.78, 5) is 9.31. The van der Waals surface area contributed by atoms with Crippen molar-refractivity contribution in [1.29, 1.82) is 0 Å². The second-order valence-corrected chi connectivity index (χ2v) is 1.60. The fourth-order valence-electron chi connectivity index (χ4n) is 0.230. The number of nitrogens with zero attached hydrogens (tertiary/aromatic N) is 3. The van der Waals surface area contributed by atoms with Crippen LogP contribution in [0.5, 0.6) is 0 Å². The maximum Gasteiger partial charge on any atom is 0.111 e. The van der Waals surface area contributed by atoms with Gasteiger partial charge in [0.05, 0.1) is 6.34 Å². The summed E-state index contributed by atoms with van der Waals surface area (Å²) in [7, 11) is 5.51. The average Bonchev–Trinajstić information content (AvgIpc) is 1.66. The third kappa shape index (κ3) is 5.14. The molecule has 0 spiro atoms. The van der Waals surface area contributed by atoms with E-state index in [4.69, 9.17) is 0 Å². The van der Waals surface area contributed by atoms with Crippen molar-refractivity contribution in [2.75, 3.05) is 21.1 Å². The SMILES string of the molecule is C/N=C\N=C/N(C)C. The van der Waals surface area contributed by atoms with E-state index in [1.807, 2.05) is 19.0 Å². The van der Waals surface area contributed by atoms with Crippen LogP contribution >= 0.6 is 0 Å². The molecule has 0 heterocycles. The fraction of sp³-hybridized carbons (Fsp3) is 0.600. The van der Waals surface area contributed by atoms with E-state index in [0.29, 0.717) is 0 Å². The van der Waals surface area contributed by atoms with Gasteiger partial charge in [-0.2, -0.15) is 0 Å². The molecule has 0 aliphatic heterocycles. The molecule has 0 saturated carbocycles. The van der Waals surface area contributed by atoms with Gasteiger partial charge in [-0.25, -0.2) is 4.99 Å². The molecular weight excluding hydrogens is 102 g/mol. The summed E-state index contributed by atoms with van der Waals surface area (Å²) in [6.07, 6.45) is 3.19. The van der Waals surface area contributed by atoms with E-state index >= 15 is 0 Å². The van der Waals surface area contributed by atoms with Crippen LogP contribution in [0.15, 0.2) is 9.98 Å². The summed E-state index contributed by atoms with van der Waals surface area (Å²) in [5.41, 5.74) is 0. The molecule has 0 saturated heterocycles. The molecule has 0 aromatic carbocycles. The van der Waals surface area contributed by atoms with Gasteiger partial charge in [0.1, 0.15) is 6.34 Å². The van der Waals surface area contributed by atoms with Crippen LogP contribution in [-0.4, -0.2) is 38.7 Å². The molecule has 3 heteroatoms. The molecule has 0 aromatic heterocycles. The highest BCUT2D eigenvalue weighted by Crippen LogP contribution is 1.63. The van der Waals surface area contributed by atoms with Gasteiger partial charge in [0.15, 0.2) is 0 Å². The van der Waals surface area contributed by atoms with Crippen LogP contribution in [0.25, 0.3) is 0 Å². The van der Waals surface area contributed by atoms with E-state index in [9.17, 15) is 0 Å². The van der Waals surface area contributed by atoms with Crippen molar-refractivity contribution in [2.45, 2.75) is 0 Å². The van der Waals surface area contributed by atoms with Gasteiger partial charge < -0.3 is 4.90 Å². The third-order valence-corrected chi connectivity index (χ3v) is 0.480. The molecule has 0 amide bonds. The zero-order valence-electron chi connectivity index (χ0n) is 5.50. The largest absolute Gasteiger partial charge is 0.369 e. The predicted octanol–water partition coefficient (Wildman–Crippen LogP) is 0.234. The van der Waals surface area contributed by atoms with Crippen molar-refractivity contribution in [3.63, 3.8) is 0 Å². The normalized spacial score (nSPS) is 11.4. The van der Waals surface area contributed by atoms with Gasteiger partial charge in [0.2, 0.25) is 0 Å². The number of rotatable bonds is 2. The highest BCUT2D eigenvalue weighted by Gasteiger charge is 1.70. The number of hydrogen-bond acceptors (Lipinski definition) is 1. The Hall–Kier alpha value is -0.860. The highest BCUT2D eigenvalue weighted by atomic mass is 15.1. The summed E-state index contributed by atoms with van der Waals surface area (Å²) in [6.45, 7) is 0. The van der Waals surface area contributed by atoms with Crippen molar-refractivity contribution >= 4 is 12.7 Å². The molecule has 0 rings (SSSR count). The quantitative estimate of drug-likeness (QED) is 0.372. The lowest BCUT2D eigenvalue weighted by molar-refractivity contribution is 0.644. The van der Waals surface area contributed by atoms with Crippen LogP contribution in [0, 0.1) is 0 Å². The van der Waals surface area contributed by atoms with Gasteiger partial charge in [-0.1, -0.05) is 0 Å². The lowest BCUT2D eigenvalue weighted by atomic mass is 10.9. The van der Waals surface area contributed by atoms with Crippen LogP contribution in [0.3, 0.4) is 0 Å². The van der Waals surface area contributed by atoms with E-state index in [0.717, 1.165) is 0 Å². The first-order chi connectivity index (χ1) is 3.77. The summed E-state index contributed by atoms with van der Waals surface area (Å²) in [5.74, 6) is 0. The topological polar surface area (TPSA) is 28.0 Å². The minimum absolute atomic E-state index is 1.50. The van der Waals surface area contributed by atoms with Crippen LogP contribution < -0.4 is 0 Å². The second kappa shape index (κ2) is 4.30. The van der Waals surface area contributed by atoms with E-state index in [-0.39, 0.29) is 0 Å². The van der Waals surface area contributed by atoms with Crippen molar-refractivity contribution in [1.82, 2.24) is 4.90 Å². The Morgan fingerprint density at radius 3 is 2.38 bits per heavy atom. The molecule has 0 atom stereocenters. The molecule has 8 heavy (non-hydrogen) atoms. The Balaban J connectivity index is 3.34. The number of hydrogen-bond donors (Lipinski definition) is 0. The van der Waals surface area contributed by atoms with Crippen LogP contribution in [-0.2, 0) is 0 Å². The molecule has 0 bridgehead atoms. The maximum atomic E-state index is 3.80. The average molecular weight is 113 g/mol. The van der Waals surface area contributed by atoms with Gasteiger partial charge in [-0.3, -0.25) is 4.99 Å². The van der Waals surface area contributed by atoms with Crippen LogP contribution in [0.2, 0.25) is 0 Å². The Bertz CT molecular complexity index is 93.8. The lowest BCUT2D eigenvalue weighted by Gasteiger charge is -1.98. The van der Waals surface area contributed by atoms with E-state index < -0.39 is 0 Å². The van der Waals surface area contributed by atoms with Gasteiger partial charge in [-0.05, 0) is 0 Å². The molecule has 46 valence electrons. The summed E-state index contributed by atoms with van der Waals surface area (Å²) >= 11 is 0. The molecule has 0 fully saturated rings. The molecular formula is C5H11N3. The Kier molecular flexibility index (Phi) is 3.84. The summed E-state index contributed by atoms with van der Waals surface area (Å²) in [6, 6.07) is 0. The van der Waals surface area contributed by atoms with Gasteiger partial charge in [0.25, 0.3) is 0 Å². The molecule has 0 aliphatic carbocycles. The molecule has 0 radical (unpaired) electrons. The van der Waals surface area contributed by atoms with Crippen molar-refractivity contribution in [3.8, 4) is 0 Å². The van der Waals surface area contributed by atoms with Gasteiger partial charge in [-0.15, -0.1) is 0 Å². The standard InChI is InChI=1S/C5H11N3/c1-6-4-7-5-8(2)3/h4-5H,1-3H3/b6-4-,7-5-. The van der Waals surface area contributed by atoms with Crippen molar-refractivity contribution in [3.05, 3.63) is 0 Å². The first kappa shape index (κ1) is 7.14. The summed E-state index contributed by atoms with van der Waals surface area (Å²) < 4.78 is 0. The third-order valence-electron chi connectivity index (χ3n) is 0.480. The zero-order valence-corrected chi connectivity index (χ0v) is 5.50. The predicted molar refractivity (Wildman–Crippen MR) is 36.6 cm³/mol. The van der Waals surface area contributed by atoms with Crippen molar-refractivity contribution in [2.24, 2.45) is 9.98 Å².